The molecule has 10 heteroatoms. The summed E-state index contributed by atoms with van der Waals surface area (Å²) in [5.74, 6) is -0.341. The fourth-order valence-corrected chi connectivity index (χ4v) is 3.53. The van der Waals surface area contributed by atoms with Gasteiger partial charge in [0.15, 0.2) is 0 Å². The summed E-state index contributed by atoms with van der Waals surface area (Å²) in [6.07, 6.45) is -1.16. The Morgan fingerprint density at radius 1 is 1.12 bits per heavy atom. The predicted molar refractivity (Wildman–Crippen MR) is 117 cm³/mol. The highest BCUT2D eigenvalue weighted by Gasteiger charge is 2.31. The van der Waals surface area contributed by atoms with E-state index in [2.05, 4.69) is 10.4 Å². The number of fused-ring (bicyclic) bond motifs is 1. The first-order valence-corrected chi connectivity index (χ1v) is 10.1. The molecule has 1 aliphatic rings. The Morgan fingerprint density at radius 2 is 1.88 bits per heavy atom. The van der Waals surface area contributed by atoms with Crippen LogP contribution in [0.1, 0.15) is 28.4 Å². The van der Waals surface area contributed by atoms with Crippen molar-refractivity contribution in [2.24, 2.45) is 5.73 Å². The largest absolute Gasteiger partial charge is 0.416 e. The van der Waals surface area contributed by atoms with Crippen molar-refractivity contribution in [3.63, 3.8) is 0 Å². The summed E-state index contributed by atoms with van der Waals surface area (Å²) in [5, 5.41) is 6.93. The summed E-state index contributed by atoms with van der Waals surface area (Å²) in [4.78, 5) is 26.5. The van der Waals surface area contributed by atoms with Crippen molar-refractivity contribution < 1.29 is 22.8 Å². The molecule has 2 amide bonds. The molecule has 0 aliphatic carbocycles. The van der Waals surface area contributed by atoms with Crippen LogP contribution in [0.4, 0.5) is 24.7 Å². The smallest absolute Gasteiger partial charge is 0.322 e. The first-order valence-electron chi connectivity index (χ1n) is 10.1. The summed E-state index contributed by atoms with van der Waals surface area (Å²) in [6.45, 7) is 1.90. The molecule has 0 bridgehead atoms. The number of nitrogens with two attached hydrogens (primary N) is 1. The molecule has 0 radical (unpaired) electrons. The second-order valence-corrected chi connectivity index (χ2v) is 7.54. The molecule has 170 valence electrons. The molecule has 3 aromatic rings. The SMILES string of the molecule is C[C@H](N)C(=O)N1CC=C(c2cccc(NC(=O)c3cccc(C(F)(F)F)c3)c2)n2nccc21. The topological polar surface area (TPSA) is 93.3 Å². The van der Waals surface area contributed by atoms with E-state index in [9.17, 15) is 22.8 Å². The average Bonchev–Trinajstić information content (AvgIpc) is 3.27. The Morgan fingerprint density at radius 3 is 2.61 bits per heavy atom. The third-order valence-electron chi connectivity index (χ3n) is 5.12. The molecule has 4 rings (SSSR count). The van der Waals surface area contributed by atoms with Gasteiger partial charge in [0.25, 0.3) is 5.91 Å². The Balaban J connectivity index is 1.58. The zero-order valence-corrected chi connectivity index (χ0v) is 17.5. The molecule has 0 unspecified atom stereocenters. The number of rotatable bonds is 4. The van der Waals surface area contributed by atoms with Gasteiger partial charge in [-0.2, -0.15) is 18.3 Å². The van der Waals surface area contributed by atoms with E-state index in [1.165, 1.54) is 17.0 Å². The molecule has 0 saturated carbocycles. The maximum atomic E-state index is 13.0. The molecular formula is C23H20F3N5O2. The van der Waals surface area contributed by atoms with Gasteiger partial charge in [0, 0.05) is 29.4 Å². The van der Waals surface area contributed by atoms with Crippen molar-refractivity contribution in [1.82, 2.24) is 9.78 Å². The number of carbonyl (C=O) groups is 2. The van der Waals surface area contributed by atoms with Gasteiger partial charge in [-0.1, -0.05) is 18.2 Å². The van der Waals surface area contributed by atoms with Crippen molar-refractivity contribution in [2.45, 2.75) is 19.1 Å². The molecule has 1 atom stereocenters. The first kappa shape index (κ1) is 22.3. The van der Waals surface area contributed by atoms with Crippen LogP contribution in [0.2, 0.25) is 0 Å². The number of hydrogen-bond donors (Lipinski definition) is 2. The maximum absolute atomic E-state index is 13.0. The molecule has 1 aliphatic heterocycles. The molecule has 2 heterocycles. The fraction of sp³-hybridized carbons (Fsp3) is 0.174. The minimum absolute atomic E-state index is 0.105. The summed E-state index contributed by atoms with van der Waals surface area (Å²) >= 11 is 0. The molecule has 3 N–H and O–H groups in total. The number of benzene rings is 2. The van der Waals surface area contributed by atoms with Gasteiger partial charge in [-0.05, 0) is 43.3 Å². The van der Waals surface area contributed by atoms with Gasteiger partial charge < -0.3 is 11.1 Å². The summed E-state index contributed by atoms with van der Waals surface area (Å²) in [5.41, 5.74) is 6.54. The zero-order valence-electron chi connectivity index (χ0n) is 17.5. The van der Waals surface area contributed by atoms with Gasteiger partial charge in [-0.25, -0.2) is 4.68 Å². The van der Waals surface area contributed by atoms with E-state index < -0.39 is 23.7 Å². The maximum Gasteiger partial charge on any atom is 0.416 e. The van der Waals surface area contributed by atoms with E-state index in [0.29, 0.717) is 29.3 Å². The van der Waals surface area contributed by atoms with Gasteiger partial charge in [0.1, 0.15) is 5.82 Å². The van der Waals surface area contributed by atoms with Crippen LogP contribution in [-0.2, 0) is 11.0 Å². The van der Waals surface area contributed by atoms with Crippen LogP contribution in [0.3, 0.4) is 0 Å². The standard InChI is InChI=1S/C23H20F3N5O2/c1-14(27)22(33)30-11-9-19(31-20(30)8-10-28-31)15-4-3-7-18(13-15)29-21(32)16-5-2-6-17(12-16)23(24,25)26/h2-10,12-14H,11,27H2,1H3,(H,29,32)/t14-/m0/s1. The minimum atomic E-state index is -4.54. The number of nitrogens with one attached hydrogen (secondary N) is 1. The summed E-state index contributed by atoms with van der Waals surface area (Å²) in [6, 6.07) is 12.1. The molecule has 7 nitrogen and oxygen atoms in total. The summed E-state index contributed by atoms with van der Waals surface area (Å²) < 4.78 is 40.5. The third-order valence-corrected chi connectivity index (χ3v) is 5.12. The summed E-state index contributed by atoms with van der Waals surface area (Å²) in [7, 11) is 0. The first-order chi connectivity index (χ1) is 15.6. The highest BCUT2D eigenvalue weighted by molar-refractivity contribution is 6.04. The van der Waals surface area contributed by atoms with Crippen LogP contribution in [0.15, 0.2) is 66.9 Å². The second kappa shape index (κ2) is 8.55. The van der Waals surface area contributed by atoms with Gasteiger partial charge in [0.2, 0.25) is 5.91 Å². The van der Waals surface area contributed by atoms with Crippen LogP contribution in [0, 0.1) is 0 Å². The third kappa shape index (κ3) is 4.51. The van der Waals surface area contributed by atoms with Gasteiger partial charge >= 0.3 is 6.18 Å². The van der Waals surface area contributed by atoms with Crippen LogP contribution in [0.25, 0.3) is 5.70 Å². The molecule has 0 saturated heterocycles. The number of aromatic nitrogens is 2. The van der Waals surface area contributed by atoms with E-state index in [1.807, 2.05) is 6.08 Å². The van der Waals surface area contributed by atoms with E-state index in [-0.39, 0.29) is 11.5 Å². The van der Waals surface area contributed by atoms with Gasteiger partial charge in [-0.3, -0.25) is 14.5 Å². The Kier molecular flexibility index (Phi) is 5.77. The quantitative estimate of drug-likeness (QED) is 0.627. The van der Waals surface area contributed by atoms with Crippen LogP contribution in [-0.4, -0.2) is 34.2 Å². The Hall–Kier alpha value is -3.92. The lowest BCUT2D eigenvalue weighted by molar-refractivity contribution is -0.137. The van der Waals surface area contributed by atoms with Crippen LogP contribution >= 0.6 is 0 Å². The van der Waals surface area contributed by atoms with Crippen molar-refractivity contribution in [3.8, 4) is 0 Å². The monoisotopic (exact) mass is 455 g/mol. The average molecular weight is 455 g/mol. The van der Waals surface area contributed by atoms with Crippen molar-refractivity contribution in [3.05, 3.63) is 83.6 Å². The van der Waals surface area contributed by atoms with Crippen molar-refractivity contribution >= 4 is 29.0 Å². The molecular weight excluding hydrogens is 435 g/mol. The zero-order chi connectivity index (χ0) is 23.8. The van der Waals surface area contributed by atoms with Gasteiger partial charge in [-0.15, -0.1) is 0 Å². The van der Waals surface area contributed by atoms with E-state index in [4.69, 9.17) is 5.73 Å². The number of carbonyl (C=O) groups excluding carboxylic acids is 2. The lowest BCUT2D eigenvalue weighted by Gasteiger charge is -2.28. The Bertz CT molecular complexity index is 1250. The molecule has 2 aromatic carbocycles. The molecule has 0 fully saturated rings. The number of halogens is 3. The van der Waals surface area contributed by atoms with E-state index in [0.717, 1.165) is 12.1 Å². The molecule has 1 aromatic heterocycles. The van der Waals surface area contributed by atoms with Crippen molar-refractivity contribution in [2.75, 3.05) is 16.8 Å². The second-order valence-electron chi connectivity index (χ2n) is 7.54. The number of alkyl halides is 3. The van der Waals surface area contributed by atoms with E-state index >= 15 is 0 Å². The minimum Gasteiger partial charge on any atom is -0.322 e. The molecule has 0 spiro atoms. The number of anilines is 2. The fourth-order valence-electron chi connectivity index (χ4n) is 3.53. The highest BCUT2D eigenvalue weighted by atomic mass is 19.4. The predicted octanol–water partition coefficient (Wildman–Crippen LogP) is 3.74. The highest BCUT2D eigenvalue weighted by Crippen LogP contribution is 2.31. The number of nitrogens with zero attached hydrogens (tertiary/aromatic N) is 3. The van der Waals surface area contributed by atoms with Gasteiger partial charge in [0.05, 0.1) is 23.5 Å². The van der Waals surface area contributed by atoms with Crippen LogP contribution < -0.4 is 16.0 Å². The van der Waals surface area contributed by atoms with E-state index in [1.54, 1.807) is 48.1 Å². The van der Waals surface area contributed by atoms with Crippen LogP contribution in [0.5, 0.6) is 0 Å². The van der Waals surface area contributed by atoms with Crippen molar-refractivity contribution in [1.29, 1.82) is 0 Å². The number of hydrogen-bond acceptors (Lipinski definition) is 4. The molecule has 33 heavy (non-hydrogen) atoms. The lowest BCUT2D eigenvalue weighted by Crippen LogP contribution is -2.44. The normalized spacial score (nSPS) is 14.3. The Labute approximate surface area is 187 Å². The number of amides is 2. The lowest BCUT2D eigenvalue weighted by atomic mass is 10.1.